The normalized spacial score (nSPS) is 23.7. The van der Waals surface area contributed by atoms with Crippen molar-refractivity contribution in [3.8, 4) is 0 Å². The number of amides is 1. The smallest absolute Gasteiger partial charge is 0.230 e. The summed E-state index contributed by atoms with van der Waals surface area (Å²) in [6.45, 7) is 1.81. The Bertz CT molecular complexity index is 994. The highest BCUT2D eigenvalue weighted by molar-refractivity contribution is 5.85. The van der Waals surface area contributed by atoms with E-state index in [2.05, 4.69) is 35.3 Å². The van der Waals surface area contributed by atoms with Gasteiger partial charge in [-0.25, -0.2) is 4.98 Å². The molecule has 2 aromatic carbocycles. The van der Waals surface area contributed by atoms with E-state index in [-0.39, 0.29) is 17.2 Å². The molecule has 1 saturated heterocycles. The Balaban J connectivity index is 1.29. The molecule has 1 amide bonds. The van der Waals surface area contributed by atoms with Crippen LogP contribution in [-0.2, 0) is 11.3 Å². The molecule has 1 N–H and O–H groups in total. The third kappa shape index (κ3) is 3.10. The van der Waals surface area contributed by atoms with Crippen molar-refractivity contribution in [2.24, 2.45) is 5.41 Å². The fourth-order valence-corrected chi connectivity index (χ4v) is 4.60. The van der Waals surface area contributed by atoms with Crippen molar-refractivity contribution in [2.45, 2.75) is 37.8 Å². The Morgan fingerprint density at radius 3 is 2.71 bits per heavy atom. The van der Waals surface area contributed by atoms with E-state index in [0.717, 1.165) is 24.8 Å². The molecule has 5 rings (SSSR count). The van der Waals surface area contributed by atoms with Gasteiger partial charge in [0.2, 0.25) is 5.91 Å². The van der Waals surface area contributed by atoms with Crippen molar-refractivity contribution >= 4 is 16.7 Å². The van der Waals surface area contributed by atoms with E-state index in [1.54, 1.807) is 12.5 Å². The van der Waals surface area contributed by atoms with E-state index in [0.29, 0.717) is 19.6 Å². The van der Waals surface area contributed by atoms with Gasteiger partial charge in [0, 0.05) is 37.9 Å². The highest BCUT2D eigenvalue weighted by Gasteiger charge is 2.52. The molecule has 28 heavy (non-hydrogen) atoms. The highest BCUT2D eigenvalue weighted by atomic mass is 16.3. The van der Waals surface area contributed by atoms with Crippen LogP contribution in [-0.4, -0.2) is 44.7 Å². The SMILES string of the molecule is O=C(N1CC[C@@H](c2ccc3ccccc3c2)[C@H](O)C1)C1(Cn2ccnc2)CC1. The molecule has 144 valence electrons. The van der Waals surface area contributed by atoms with Gasteiger partial charge in [0.15, 0.2) is 0 Å². The second-order valence-corrected chi connectivity index (χ2v) is 8.34. The van der Waals surface area contributed by atoms with Crippen LogP contribution in [0.5, 0.6) is 0 Å². The van der Waals surface area contributed by atoms with Crippen LogP contribution in [0.4, 0.5) is 0 Å². The molecule has 3 aromatic rings. The Hall–Kier alpha value is -2.66. The van der Waals surface area contributed by atoms with Crippen molar-refractivity contribution in [1.29, 1.82) is 0 Å². The van der Waals surface area contributed by atoms with Crippen LogP contribution in [0.15, 0.2) is 61.2 Å². The maximum Gasteiger partial charge on any atom is 0.230 e. The van der Waals surface area contributed by atoms with Crippen molar-refractivity contribution in [2.75, 3.05) is 13.1 Å². The summed E-state index contributed by atoms with van der Waals surface area (Å²) in [6.07, 6.45) is 7.55. The monoisotopic (exact) mass is 375 g/mol. The molecule has 0 spiro atoms. The third-order valence-corrected chi connectivity index (χ3v) is 6.42. The fraction of sp³-hybridized carbons (Fsp3) is 0.391. The zero-order chi connectivity index (χ0) is 19.1. The van der Waals surface area contributed by atoms with Gasteiger partial charge >= 0.3 is 0 Å². The van der Waals surface area contributed by atoms with E-state index in [4.69, 9.17) is 0 Å². The van der Waals surface area contributed by atoms with Crippen LogP contribution >= 0.6 is 0 Å². The highest BCUT2D eigenvalue weighted by Crippen LogP contribution is 2.49. The minimum absolute atomic E-state index is 0.0810. The largest absolute Gasteiger partial charge is 0.391 e. The Labute approximate surface area is 164 Å². The first-order chi connectivity index (χ1) is 13.6. The molecule has 1 aliphatic carbocycles. The van der Waals surface area contributed by atoms with Gasteiger partial charge in [0.25, 0.3) is 0 Å². The van der Waals surface area contributed by atoms with Crippen molar-refractivity contribution in [3.05, 3.63) is 66.7 Å². The second kappa shape index (κ2) is 6.74. The summed E-state index contributed by atoms with van der Waals surface area (Å²) in [6, 6.07) is 14.7. The summed E-state index contributed by atoms with van der Waals surface area (Å²) in [5.74, 6) is 0.273. The predicted octanol–water partition coefficient (Wildman–Crippen LogP) is 3.19. The number of carbonyl (C=O) groups is 1. The standard InChI is InChI=1S/C23H25N3O2/c27-21-14-26(22(28)23(8-9-23)15-25-12-10-24-16-25)11-7-20(21)19-6-5-17-3-1-2-4-18(17)13-19/h1-6,10,12-13,16,20-21,27H,7-9,11,14-15H2/t20-,21+/m0/s1. The van der Waals surface area contributed by atoms with Crippen LogP contribution in [0, 0.1) is 5.41 Å². The van der Waals surface area contributed by atoms with Crippen LogP contribution in [0.25, 0.3) is 10.8 Å². The first kappa shape index (κ1) is 17.4. The number of fused-ring (bicyclic) bond motifs is 1. The van der Waals surface area contributed by atoms with Gasteiger partial charge in [0.05, 0.1) is 17.8 Å². The summed E-state index contributed by atoms with van der Waals surface area (Å²) >= 11 is 0. The minimum Gasteiger partial charge on any atom is -0.391 e. The summed E-state index contributed by atoms with van der Waals surface area (Å²) in [5, 5.41) is 13.3. The lowest BCUT2D eigenvalue weighted by Crippen LogP contribution is -2.49. The molecular weight excluding hydrogens is 350 g/mol. The number of aromatic nitrogens is 2. The first-order valence-electron chi connectivity index (χ1n) is 10.1. The molecule has 0 radical (unpaired) electrons. The molecule has 2 aliphatic rings. The quantitative estimate of drug-likeness (QED) is 0.762. The van der Waals surface area contributed by atoms with E-state index in [1.807, 2.05) is 27.8 Å². The van der Waals surface area contributed by atoms with Gasteiger partial charge in [-0.2, -0.15) is 0 Å². The number of hydrogen-bond acceptors (Lipinski definition) is 3. The zero-order valence-electron chi connectivity index (χ0n) is 15.9. The molecule has 1 aliphatic heterocycles. The van der Waals surface area contributed by atoms with Gasteiger partial charge in [-0.15, -0.1) is 0 Å². The molecule has 2 heterocycles. The Kier molecular flexibility index (Phi) is 4.20. The number of benzene rings is 2. The van der Waals surface area contributed by atoms with Crippen molar-refractivity contribution in [3.63, 3.8) is 0 Å². The average Bonchev–Trinajstić information content (AvgIpc) is 3.32. The molecular formula is C23H25N3O2. The van der Waals surface area contributed by atoms with Gasteiger partial charge in [-0.1, -0.05) is 42.5 Å². The van der Waals surface area contributed by atoms with Crippen LogP contribution < -0.4 is 0 Å². The lowest BCUT2D eigenvalue weighted by Gasteiger charge is -2.38. The number of hydrogen-bond donors (Lipinski definition) is 1. The number of aliphatic hydroxyl groups is 1. The number of rotatable bonds is 4. The summed E-state index contributed by atoms with van der Waals surface area (Å²) < 4.78 is 1.99. The molecule has 2 fully saturated rings. The second-order valence-electron chi connectivity index (χ2n) is 8.34. The van der Waals surface area contributed by atoms with Gasteiger partial charge in [-0.3, -0.25) is 4.79 Å². The average molecular weight is 375 g/mol. The number of carbonyl (C=O) groups excluding carboxylic acids is 1. The number of likely N-dealkylation sites (tertiary alicyclic amines) is 1. The van der Waals surface area contributed by atoms with Crippen LogP contribution in [0.3, 0.4) is 0 Å². The summed E-state index contributed by atoms with van der Waals surface area (Å²) in [4.78, 5) is 19.1. The van der Waals surface area contributed by atoms with E-state index in [9.17, 15) is 9.90 Å². The van der Waals surface area contributed by atoms with E-state index in [1.165, 1.54) is 10.8 Å². The summed E-state index contributed by atoms with van der Waals surface area (Å²) in [7, 11) is 0. The Morgan fingerprint density at radius 1 is 1.18 bits per heavy atom. The molecule has 0 bridgehead atoms. The maximum atomic E-state index is 13.2. The topological polar surface area (TPSA) is 58.4 Å². The minimum atomic E-state index is -0.525. The van der Waals surface area contributed by atoms with E-state index < -0.39 is 6.10 Å². The predicted molar refractivity (Wildman–Crippen MR) is 108 cm³/mol. The number of piperidine rings is 1. The molecule has 5 nitrogen and oxygen atoms in total. The molecule has 5 heteroatoms. The van der Waals surface area contributed by atoms with E-state index >= 15 is 0 Å². The molecule has 0 unspecified atom stereocenters. The van der Waals surface area contributed by atoms with Crippen molar-refractivity contribution in [1.82, 2.24) is 14.5 Å². The van der Waals surface area contributed by atoms with Crippen LogP contribution in [0.1, 0.15) is 30.7 Å². The van der Waals surface area contributed by atoms with Gasteiger partial charge < -0.3 is 14.6 Å². The van der Waals surface area contributed by atoms with Gasteiger partial charge in [0.1, 0.15) is 0 Å². The van der Waals surface area contributed by atoms with Crippen molar-refractivity contribution < 1.29 is 9.90 Å². The fourth-order valence-electron chi connectivity index (χ4n) is 4.60. The lowest BCUT2D eigenvalue weighted by atomic mass is 9.85. The lowest BCUT2D eigenvalue weighted by molar-refractivity contribution is -0.141. The third-order valence-electron chi connectivity index (χ3n) is 6.42. The van der Waals surface area contributed by atoms with Gasteiger partial charge in [-0.05, 0) is 35.6 Å². The zero-order valence-corrected chi connectivity index (χ0v) is 15.9. The molecule has 1 aromatic heterocycles. The molecule has 1 saturated carbocycles. The maximum absolute atomic E-state index is 13.2. The Morgan fingerprint density at radius 2 is 2.00 bits per heavy atom. The molecule has 2 atom stereocenters. The summed E-state index contributed by atoms with van der Waals surface area (Å²) in [5.41, 5.74) is 0.869. The van der Waals surface area contributed by atoms with Crippen LogP contribution in [0.2, 0.25) is 0 Å². The number of β-amino-alcohol motifs (C(OH)–C–C–N with tert-alkyl or cyclic N) is 1. The first-order valence-corrected chi connectivity index (χ1v) is 10.1. The number of imidazole rings is 1. The number of aliphatic hydroxyl groups excluding tert-OH is 1. The number of nitrogens with zero attached hydrogens (tertiary/aromatic N) is 3.